The summed E-state index contributed by atoms with van der Waals surface area (Å²) in [5.74, 6) is -0.0655. The SMILES string of the molecule is O=C(COc1ccc(C(=O)c2ccccc2)cc1)NCCNC(=O)c1ccccc1. The van der Waals surface area contributed by atoms with E-state index in [-0.39, 0.29) is 24.2 Å². The van der Waals surface area contributed by atoms with E-state index >= 15 is 0 Å². The molecular weight excluding hydrogens is 380 g/mol. The van der Waals surface area contributed by atoms with Crippen LogP contribution in [-0.2, 0) is 4.79 Å². The normalized spacial score (nSPS) is 10.1. The van der Waals surface area contributed by atoms with E-state index in [4.69, 9.17) is 4.74 Å². The second kappa shape index (κ2) is 10.6. The highest BCUT2D eigenvalue weighted by Crippen LogP contribution is 2.15. The lowest BCUT2D eigenvalue weighted by molar-refractivity contribution is -0.123. The quantitative estimate of drug-likeness (QED) is 0.426. The van der Waals surface area contributed by atoms with Crippen LogP contribution in [0.5, 0.6) is 5.75 Å². The van der Waals surface area contributed by atoms with E-state index in [1.807, 2.05) is 24.3 Å². The highest BCUT2D eigenvalue weighted by Gasteiger charge is 2.09. The van der Waals surface area contributed by atoms with E-state index in [0.717, 1.165) is 0 Å². The number of ketones is 1. The molecule has 0 saturated heterocycles. The first-order chi connectivity index (χ1) is 14.6. The molecule has 0 spiro atoms. The van der Waals surface area contributed by atoms with E-state index in [1.54, 1.807) is 60.7 Å². The van der Waals surface area contributed by atoms with Crippen LogP contribution in [0.1, 0.15) is 26.3 Å². The maximum Gasteiger partial charge on any atom is 0.258 e. The molecule has 3 aromatic rings. The van der Waals surface area contributed by atoms with Gasteiger partial charge >= 0.3 is 0 Å². The molecule has 0 saturated carbocycles. The molecule has 0 radical (unpaired) electrons. The van der Waals surface area contributed by atoms with Crippen LogP contribution >= 0.6 is 0 Å². The van der Waals surface area contributed by atoms with Crippen LogP contribution in [0.4, 0.5) is 0 Å². The number of ether oxygens (including phenoxy) is 1. The first kappa shape index (κ1) is 20.8. The Bertz CT molecular complexity index is 987. The predicted octanol–water partition coefficient (Wildman–Crippen LogP) is 2.84. The number of carbonyl (C=O) groups is 3. The lowest BCUT2D eigenvalue weighted by Gasteiger charge is -2.09. The fraction of sp³-hybridized carbons (Fsp3) is 0.125. The van der Waals surface area contributed by atoms with Crippen molar-refractivity contribution in [1.29, 1.82) is 0 Å². The summed E-state index contributed by atoms with van der Waals surface area (Å²) >= 11 is 0. The fourth-order valence-electron chi connectivity index (χ4n) is 2.73. The predicted molar refractivity (Wildman–Crippen MR) is 114 cm³/mol. The van der Waals surface area contributed by atoms with Crippen molar-refractivity contribution in [1.82, 2.24) is 10.6 Å². The third-order valence-electron chi connectivity index (χ3n) is 4.29. The van der Waals surface area contributed by atoms with E-state index < -0.39 is 0 Å². The van der Waals surface area contributed by atoms with E-state index in [2.05, 4.69) is 10.6 Å². The molecule has 30 heavy (non-hydrogen) atoms. The average Bonchev–Trinajstić information content (AvgIpc) is 2.81. The van der Waals surface area contributed by atoms with Crippen LogP contribution in [0.25, 0.3) is 0 Å². The molecule has 152 valence electrons. The van der Waals surface area contributed by atoms with Gasteiger partial charge in [-0.25, -0.2) is 0 Å². The summed E-state index contributed by atoms with van der Waals surface area (Å²) in [5.41, 5.74) is 1.73. The Hall–Kier alpha value is -3.93. The zero-order valence-corrected chi connectivity index (χ0v) is 16.3. The maximum atomic E-state index is 12.4. The molecular formula is C24H22N2O4. The van der Waals surface area contributed by atoms with E-state index in [1.165, 1.54) is 0 Å². The van der Waals surface area contributed by atoms with Gasteiger partial charge in [-0.1, -0.05) is 48.5 Å². The Morgan fingerprint density at radius 3 is 1.80 bits per heavy atom. The average molecular weight is 402 g/mol. The first-order valence-corrected chi connectivity index (χ1v) is 9.56. The number of benzene rings is 3. The van der Waals surface area contributed by atoms with Crippen molar-refractivity contribution in [3.8, 4) is 5.75 Å². The molecule has 0 fully saturated rings. The highest BCUT2D eigenvalue weighted by molar-refractivity contribution is 6.09. The Labute approximate surface area is 174 Å². The van der Waals surface area contributed by atoms with Gasteiger partial charge in [-0.15, -0.1) is 0 Å². The molecule has 0 aromatic heterocycles. The number of carbonyl (C=O) groups excluding carboxylic acids is 3. The van der Waals surface area contributed by atoms with Gasteiger partial charge in [-0.3, -0.25) is 14.4 Å². The summed E-state index contributed by atoms with van der Waals surface area (Å²) < 4.78 is 5.45. The van der Waals surface area contributed by atoms with Gasteiger partial charge in [0.2, 0.25) is 0 Å². The molecule has 0 atom stereocenters. The van der Waals surface area contributed by atoms with Crippen molar-refractivity contribution in [2.75, 3.05) is 19.7 Å². The van der Waals surface area contributed by atoms with Crippen molar-refractivity contribution >= 4 is 17.6 Å². The Kier molecular flexibility index (Phi) is 7.33. The monoisotopic (exact) mass is 402 g/mol. The number of nitrogens with one attached hydrogen (secondary N) is 2. The lowest BCUT2D eigenvalue weighted by atomic mass is 10.0. The second-order valence-corrected chi connectivity index (χ2v) is 6.48. The van der Waals surface area contributed by atoms with Crippen LogP contribution in [-0.4, -0.2) is 37.3 Å². The Morgan fingerprint density at radius 2 is 1.17 bits per heavy atom. The largest absolute Gasteiger partial charge is 0.484 e. The van der Waals surface area contributed by atoms with E-state index in [0.29, 0.717) is 35.5 Å². The molecule has 0 aliphatic heterocycles. The summed E-state index contributed by atoms with van der Waals surface area (Å²) in [4.78, 5) is 36.2. The van der Waals surface area contributed by atoms with Gasteiger partial charge in [-0.05, 0) is 36.4 Å². The molecule has 6 heteroatoms. The van der Waals surface area contributed by atoms with Crippen LogP contribution in [0.15, 0.2) is 84.9 Å². The number of hydrogen-bond donors (Lipinski definition) is 2. The third kappa shape index (κ3) is 6.04. The van der Waals surface area contributed by atoms with Crippen LogP contribution in [0.3, 0.4) is 0 Å². The summed E-state index contributed by atoms with van der Waals surface area (Å²) in [6.45, 7) is 0.458. The minimum atomic E-state index is -0.298. The van der Waals surface area contributed by atoms with Crippen LogP contribution in [0.2, 0.25) is 0 Å². The minimum absolute atomic E-state index is 0.0718. The van der Waals surface area contributed by atoms with Crippen LogP contribution in [0, 0.1) is 0 Å². The van der Waals surface area contributed by atoms with Crippen molar-refractivity contribution in [3.63, 3.8) is 0 Å². The summed E-state index contributed by atoms with van der Waals surface area (Å²) in [5, 5.41) is 5.41. The number of rotatable bonds is 9. The third-order valence-corrected chi connectivity index (χ3v) is 4.29. The van der Waals surface area contributed by atoms with Crippen molar-refractivity contribution in [3.05, 3.63) is 102 Å². The molecule has 3 rings (SSSR count). The van der Waals surface area contributed by atoms with Gasteiger partial charge in [0, 0.05) is 29.8 Å². The molecule has 0 heterocycles. The molecule has 2 N–H and O–H groups in total. The standard InChI is InChI=1S/C24H22N2O4/c27-22(25-15-16-26-24(29)20-9-5-2-6-10-20)17-30-21-13-11-19(12-14-21)23(28)18-7-3-1-4-8-18/h1-14H,15-17H2,(H,25,27)(H,26,29). The van der Waals surface area contributed by atoms with E-state index in [9.17, 15) is 14.4 Å². The van der Waals surface area contributed by atoms with Crippen molar-refractivity contribution in [2.24, 2.45) is 0 Å². The van der Waals surface area contributed by atoms with Gasteiger partial charge in [0.25, 0.3) is 11.8 Å². The van der Waals surface area contributed by atoms with Crippen molar-refractivity contribution < 1.29 is 19.1 Å². The topological polar surface area (TPSA) is 84.5 Å². The molecule has 0 unspecified atom stereocenters. The Morgan fingerprint density at radius 1 is 0.633 bits per heavy atom. The second-order valence-electron chi connectivity index (χ2n) is 6.48. The number of amides is 2. The Balaban J connectivity index is 1.37. The number of hydrogen-bond acceptors (Lipinski definition) is 4. The molecule has 2 amide bonds. The maximum absolute atomic E-state index is 12.4. The first-order valence-electron chi connectivity index (χ1n) is 9.56. The fourth-order valence-corrected chi connectivity index (χ4v) is 2.73. The van der Waals surface area contributed by atoms with Crippen LogP contribution < -0.4 is 15.4 Å². The highest BCUT2D eigenvalue weighted by atomic mass is 16.5. The summed E-state index contributed by atoms with van der Waals surface area (Å²) in [7, 11) is 0. The molecule has 3 aromatic carbocycles. The molecule has 0 bridgehead atoms. The smallest absolute Gasteiger partial charge is 0.258 e. The van der Waals surface area contributed by atoms with Gasteiger partial charge < -0.3 is 15.4 Å². The lowest BCUT2D eigenvalue weighted by Crippen LogP contribution is -2.36. The zero-order valence-electron chi connectivity index (χ0n) is 16.3. The van der Waals surface area contributed by atoms with Gasteiger partial charge in [0.1, 0.15) is 5.75 Å². The molecule has 6 nitrogen and oxygen atoms in total. The van der Waals surface area contributed by atoms with Gasteiger partial charge in [0.15, 0.2) is 12.4 Å². The molecule has 0 aliphatic rings. The van der Waals surface area contributed by atoms with Crippen molar-refractivity contribution in [2.45, 2.75) is 0 Å². The summed E-state index contributed by atoms with van der Waals surface area (Å²) in [6.07, 6.45) is 0. The van der Waals surface area contributed by atoms with Gasteiger partial charge in [0.05, 0.1) is 0 Å². The minimum Gasteiger partial charge on any atom is -0.484 e. The van der Waals surface area contributed by atoms with Gasteiger partial charge in [-0.2, -0.15) is 0 Å². The summed E-state index contributed by atoms with van der Waals surface area (Å²) in [6, 6.07) is 24.5. The zero-order chi connectivity index (χ0) is 21.2. The molecule has 0 aliphatic carbocycles.